The summed E-state index contributed by atoms with van der Waals surface area (Å²) in [6.45, 7) is 1.65. The fraction of sp³-hybridized carbons (Fsp3) is 0.250. The molecule has 0 spiro atoms. The zero-order valence-corrected chi connectivity index (χ0v) is 9.22. The van der Waals surface area contributed by atoms with Crippen LogP contribution in [-0.4, -0.2) is 4.92 Å². The molecular formula is C8H7BrClNO2. The van der Waals surface area contributed by atoms with E-state index in [0.29, 0.717) is 15.9 Å². The third-order valence-corrected chi connectivity index (χ3v) is 2.91. The zero-order valence-electron chi connectivity index (χ0n) is 6.88. The minimum atomic E-state index is -0.431. The summed E-state index contributed by atoms with van der Waals surface area (Å²) in [5, 5.41) is 11.6. The number of hydrogen-bond acceptors (Lipinski definition) is 2. The van der Waals surface area contributed by atoms with E-state index in [4.69, 9.17) is 11.6 Å². The Labute approximate surface area is 89.0 Å². The van der Waals surface area contributed by atoms with Crippen LogP contribution < -0.4 is 0 Å². The SMILES string of the molecule is Cc1c([N+](=O)[O-])ccc(CBr)c1Cl. The summed E-state index contributed by atoms with van der Waals surface area (Å²) in [6.07, 6.45) is 0. The summed E-state index contributed by atoms with van der Waals surface area (Å²) in [7, 11) is 0. The van der Waals surface area contributed by atoms with Crippen molar-refractivity contribution in [2.45, 2.75) is 12.3 Å². The van der Waals surface area contributed by atoms with Crippen LogP contribution >= 0.6 is 27.5 Å². The molecule has 0 radical (unpaired) electrons. The van der Waals surface area contributed by atoms with Crippen molar-refractivity contribution in [1.29, 1.82) is 0 Å². The molecule has 1 aromatic rings. The highest BCUT2D eigenvalue weighted by Gasteiger charge is 2.14. The third kappa shape index (κ3) is 2.00. The highest BCUT2D eigenvalue weighted by Crippen LogP contribution is 2.29. The van der Waals surface area contributed by atoms with Crippen molar-refractivity contribution in [3.63, 3.8) is 0 Å². The molecule has 13 heavy (non-hydrogen) atoms. The smallest absolute Gasteiger partial charge is 0.258 e. The van der Waals surface area contributed by atoms with Crippen LogP contribution in [0.3, 0.4) is 0 Å². The Bertz CT molecular complexity index is 354. The molecule has 0 aliphatic heterocycles. The van der Waals surface area contributed by atoms with E-state index in [-0.39, 0.29) is 5.69 Å². The van der Waals surface area contributed by atoms with Gasteiger partial charge in [0.1, 0.15) is 0 Å². The highest BCUT2D eigenvalue weighted by atomic mass is 79.9. The number of alkyl halides is 1. The van der Waals surface area contributed by atoms with Crippen LogP contribution in [0.2, 0.25) is 5.02 Å². The average Bonchev–Trinajstić information content (AvgIpc) is 2.09. The number of nitrogens with zero attached hydrogens (tertiary/aromatic N) is 1. The van der Waals surface area contributed by atoms with E-state index in [1.165, 1.54) is 6.07 Å². The molecule has 0 saturated carbocycles. The second-order valence-corrected chi connectivity index (χ2v) is 3.51. The maximum absolute atomic E-state index is 10.5. The molecule has 0 aliphatic carbocycles. The summed E-state index contributed by atoms with van der Waals surface area (Å²) >= 11 is 9.16. The van der Waals surface area contributed by atoms with Gasteiger partial charge in [-0.3, -0.25) is 10.1 Å². The first kappa shape index (κ1) is 10.5. The summed E-state index contributed by atoms with van der Waals surface area (Å²) in [5.41, 5.74) is 1.45. The number of nitro groups is 1. The van der Waals surface area contributed by atoms with Crippen molar-refractivity contribution >= 4 is 33.2 Å². The fourth-order valence-electron chi connectivity index (χ4n) is 1.03. The Hall–Kier alpha value is -0.610. The lowest BCUT2D eigenvalue weighted by atomic mass is 10.1. The van der Waals surface area contributed by atoms with E-state index < -0.39 is 4.92 Å². The van der Waals surface area contributed by atoms with Crippen LogP contribution in [0.15, 0.2) is 12.1 Å². The van der Waals surface area contributed by atoms with Gasteiger partial charge in [0, 0.05) is 17.0 Å². The van der Waals surface area contributed by atoms with Crippen LogP contribution in [0.25, 0.3) is 0 Å². The monoisotopic (exact) mass is 263 g/mol. The first-order valence-electron chi connectivity index (χ1n) is 3.56. The van der Waals surface area contributed by atoms with Crippen molar-refractivity contribution in [3.8, 4) is 0 Å². The van der Waals surface area contributed by atoms with Gasteiger partial charge in [0.05, 0.1) is 9.95 Å². The Balaban J connectivity index is 3.31. The first-order chi connectivity index (χ1) is 6.07. The molecule has 0 aliphatic rings. The number of hydrogen-bond donors (Lipinski definition) is 0. The molecule has 0 bridgehead atoms. The van der Waals surface area contributed by atoms with Crippen LogP contribution in [0, 0.1) is 17.0 Å². The predicted octanol–water partition coefficient (Wildman–Crippen LogP) is 3.45. The number of rotatable bonds is 2. The maximum atomic E-state index is 10.5. The van der Waals surface area contributed by atoms with Gasteiger partial charge in [-0.15, -0.1) is 0 Å². The van der Waals surface area contributed by atoms with E-state index in [9.17, 15) is 10.1 Å². The van der Waals surface area contributed by atoms with Gasteiger partial charge in [0.15, 0.2) is 0 Å². The van der Waals surface area contributed by atoms with Gasteiger partial charge < -0.3 is 0 Å². The van der Waals surface area contributed by atoms with Gasteiger partial charge in [-0.1, -0.05) is 27.5 Å². The minimum absolute atomic E-state index is 0.0645. The normalized spacial score (nSPS) is 10.1. The molecule has 0 amide bonds. The first-order valence-corrected chi connectivity index (χ1v) is 5.06. The molecule has 5 heteroatoms. The molecule has 1 rings (SSSR count). The quantitative estimate of drug-likeness (QED) is 0.466. The van der Waals surface area contributed by atoms with Crippen molar-refractivity contribution in [2.24, 2.45) is 0 Å². The Morgan fingerprint density at radius 3 is 2.69 bits per heavy atom. The molecule has 0 saturated heterocycles. The molecule has 0 heterocycles. The summed E-state index contributed by atoms with van der Waals surface area (Å²) < 4.78 is 0. The van der Waals surface area contributed by atoms with Crippen LogP contribution in [0.5, 0.6) is 0 Å². The van der Waals surface area contributed by atoms with Crippen molar-refractivity contribution in [3.05, 3.63) is 38.4 Å². The van der Waals surface area contributed by atoms with E-state index in [1.807, 2.05) is 0 Å². The molecule has 0 aromatic heterocycles. The third-order valence-electron chi connectivity index (χ3n) is 1.78. The van der Waals surface area contributed by atoms with Crippen LogP contribution in [0.4, 0.5) is 5.69 Å². The van der Waals surface area contributed by atoms with Gasteiger partial charge in [-0.05, 0) is 18.6 Å². The molecule has 0 unspecified atom stereocenters. The average molecular weight is 265 g/mol. The summed E-state index contributed by atoms with van der Waals surface area (Å²) in [5.74, 6) is 0. The topological polar surface area (TPSA) is 43.1 Å². The van der Waals surface area contributed by atoms with E-state index in [2.05, 4.69) is 15.9 Å². The molecule has 0 fully saturated rings. The Morgan fingerprint density at radius 2 is 2.23 bits per heavy atom. The van der Waals surface area contributed by atoms with E-state index in [1.54, 1.807) is 13.0 Å². The number of benzene rings is 1. The molecule has 1 aromatic carbocycles. The lowest BCUT2D eigenvalue weighted by molar-refractivity contribution is -0.385. The van der Waals surface area contributed by atoms with Crippen LogP contribution in [0.1, 0.15) is 11.1 Å². The number of nitro benzene ring substituents is 1. The second-order valence-electron chi connectivity index (χ2n) is 2.57. The Kier molecular flexibility index (Phi) is 3.27. The molecule has 0 atom stereocenters. The van der Waals surface area contributed by atoms with E-state index in [0.717, 1.165) is 5.56 Å². The van der Waals surface area contributed by atoms with Crippen molar-refractivity contribution in [2.75, 3.05) is 0 Å². The Morgan fingerprint density at radius 1 is 1.62 bits per heavy atom. The molecule has 3 nitrogen and oxygen atoms in total. The lowest BCUT2D eigenvalue weighted by Gasteiger charge is -2.03. The van der Waals surface area contributed by atoms with Crippen LogP contribution in [-0.2, 0) is 5.33 Å². The van der Waals surface area contributed by atoms with Gasteiger partial charge >= 0.3 is 0 Å². The van der Waals surface area contributed by atoms with Gasteiger partial charge in [-0.2, -0.15) is 0 Å². The standard InChI is InChI=1S/C8H7BrClNO2/c1-5-7(11(12)13)3-2-6(4-9)8(5)10/h2-3H,4H2,1H3. The largest absolute Gasteiger partial charge is 0.273 e. The van der Waals surface area contributed by atoms with Gasteiger partial charge in [-0.25, -0.2) is 0 Å². The fourth-order valence-corrected chi connectivity index (χ4v) is 1.89. The molecular weight excluding hydrogens is 257 g/mol. The second kappa shape index (κ2) is 4.07. The minimum Gasteiger partial charge on any atom is -0.258 e. The molecule has 70 valence electrons. The summed E-state index contributed by atoms with van der Waals surface area (Å²) in [4.78, 5) is 10.1. The van der Waals surface area contributed by atoms with Gasteiger partial charge in [0.2, 0.25) is 0 Å². The zero-order chi connectivity index (χ0) is 10.0. The van der Waals surface area contributed by atoms with E-state index >= 15 is 0 Å². The highest BCUT2D eigenvalue weighted by molar-refractivity contribution is 9.08. The lowest BCUT2D eigenvalue weighted by Crippen LogP contribution is -1.94. The molecule has 0 N–H and O–H groups in total. The van der Waals surface area contributed by atoms with Crippen molar-refractivity contribution in [1.82, 2.24) is 0 Å². The predicted molar refractivity (Wildman–Crippen MR) is 55.5 cm³/mol. The number of halogens is 2. The maximum Gasteiger partial charge on any atom is 0.273 e. The van der Waals surface area contributed by atoms with Crippen molar-refractivity contribution < 1.29 is 4.92 Å². The van der Waals surface area contributed by atoms with Gasteiger partial charge in [0.25, 0.3) is 5.69 Å². The summed E-state index contributed by atoms with van der Waals surface area (Å²) in [6, 6.07) is 3.13.